The first-order valence-corrected chi connectivity index (χ1v) is 9.08. The van der Waals surface area contributed by atoms with Crippen molar-refractivity contribution >= 4 is 15.9 Å². The molecule has 2 aromatic rings. The first-order chi connectivity index (χ1) is 11.7. The molecule has 2 aliphatic rings. The van der Waals surface area contributed by atoms with E-state index in [-0.39, 0.29) is 0 Å². The highest BCUT2D eigenvalue weighted by molar-refractivity contribution is 9.10. The Hall–Kier alpha value is -1.74. The van der Waals surface area contributed by atoms with Gasteiger partial charge >= 0.3 is 0 Å². The second-order valence-corrected chi connectivity index (χ2v) is 7.60. The third-order valence-electron chi connectivity index (χ3n) is 5.06. The van der Waals surface area contributed by atoms with Gasteiger partial charge in [0.25, 0.3) is 0 Å². The highest BCUT2D eigenvalue weighted by Crippen LogP contribution is 2.32. The third kappa shape index (κ3) is 3.23. The fourth-order valence-corrected chi connectivity index (χ4v) is 4.14. The quantitative estimate of drug-likeness (QED) is 0.814. The van der Waals surface area contributed by atoms with Crippen molar-refractivity contribution in [2.45, 2.75) is 31.6 Å². The van der Waals surface area contributed by atoms with Gasteiger partial charge in [0.15, 0.2) is 0 Å². The SMILES string of the molecule is N#Cc1cccc(CN2CC3CC2CN3Cc2ccc(Br)cn2)c1. The summed E-state index contributed by atoms with van der Waals surface area (Å²) in [6.07, 6.45) is 3.12. The first kappa shape index (κ1) is 15.8. The van der Waals surface area contributed by atoms with Crippen LogP contribution in [0.3, 0.4) is 0 Å². The number of halogens is 1. The zero-order chi connectivity index (χ0) is 16.5. The van der Waals surface area contributed by atoms with E-state index in [1.165, 1.54) is 12.0 Å². The van der Waals surface area contributed by atoms with Crippen molar-refractivity contribution in [2.24, 2.45) is 0 Å². The average Bonchev–Trinajstić information content (AvgIpc) is 3.17. The molecule has 2 atom stereocenters. The lowest BCUT2D eigenvalue weighted by Crippen LogP contribution is -2.45. The Morgan fingerprint density at radius 1 is 1.12 bits per heavy atom. The smallest absolute Gasteiger partial charge is 0.0991 e. The summed E-state index contributed by atoms with van der Waals surface area (Å²) < 4.78 is 1.03. The lowest BCUT2D eigenvalue weighted by atomic mass is 10.1. The van der Waals surface area contributed by atoms with Gasteiger partial charge in [-0.15, -0.1) is 0 Å². The Labute approximate surface area is 150 Å². The topological polar surface area (TPSA) is 43.2 Å². The summed E-state index contributed by atoms with van der Waals surface area (Å²) in [6, 6.07) is 15.6. The van der Waals surface area contributed by atoms with Crippen LogP contribution in [-0.2, 0) is 13.1 Å². The molecular weight excluding hydrogens is 364 g/mol. The van der Waals surface area contributed by atoms with E-state index >= 15 is 0 Å². The number of nitrogens with zero attached hydrogens (tertiary/aromatic N) is 4. The largest absolute Gasteiger partial charge is 0.293 e. The van der Waals surface area contributed by atoms with Gasteiger partial charge in [-0.05, 0) is 52.2 Å². The van der Waals surface area contributed by atoms with Gasteiger partial charge in [-0.3, -0.25) is 14.8 Å². The van der Waals surface area contributed by atoms with Gasteiger partial charge in [-0.2, -0.15) is 5.26 Å². The maximum atomic E-state index is 9.04. The predicted octanol–water partition coefficient (Wildman–Crippen LogP) is 3.17. The minimum absolute atomic E-state index is 0.621. The summed E-state index contributed by atoms with van der Waals surface area (Å²) in [5, 5.41) is 9.04. The molecule has 0 saturated carbocycles. The van der Waals surface area contributed by atoms with E-state index in [2.05, 4.69) is 55.0 Å². The molecule has 3 heterocycles. The van der Waals surface area contributed by atoms with E-state index in [1.807, 2.05) is 24.4 Å². The number of likely N-dealkylation sites (tertiary alicyclic amines) is 2. The molecule has 0 radical (unpaired) electrons. The lowest BCUT2D eigenvalue weighted by molar-refractivity contribution is 0.117. The molecule has 2 unspecified atom stereocenters. The van der Waals surface area contributed by atoms with Crippen LogP contribution in [0.25, 0.3) is 0 Å². The molecule has 24 heavy (non-hydrogen) atoms. The molecule has 122 valence electrons. The Morgan fingerprint density at radius 2 is 1.92 bits per heavy atom. The molecule has 1 aromatic heterocycles. The molecule has 0 N–H and O–H groups in total. The van der Waals surface area contributed by atoms with E-state index in [4.69, 9.17) is 5.26 Å². The molecule has 0 aliphatic carbocycles. The van der Waals surface area contributed by atoms with E-state index in [0.717, 1.165) is 41.9 Å². The van der Waals surface area contributed by atoms with E-state index in [0.29, 0.717) is 12.1 Å². The predicted molar refractivity (Wildman–Crippen MR) is 96.1 cm³/mol. The number of nitriles is 1. The molecule has 5 heteroatoms. The van der Waals surface area contributed by atoms with Crippen molar-refractivity contribution in [3.8, 4) is 6.07 Å². The van der Waals surface area contributed by atoms with Crippen molar-refractivity contribution in [2.75, 3.05) is 13.1 Å². The van der Waals surface area contributed by atoms with Gasteiger partial charge in [-0.25, -0.2) is 0 Å². The van der Waals surface area contributed by atoms with Gasteiger partial charge in [0.2, 0.25) is 0 Å². The molecule has 1 aromatic carbocycles. The highest BCUT2D eigenvalue weighted by Gasteiger charge is 2.42. The van der Waals surface area contributed by atoms with Gasteiger partial charge in [0.1, 0.15) is 0 Å². The van der Waals surface area contributed by atoms with Gasteiger partial charge in [0.05, 0.1) is 17.3 Å². The molecule has 2 bridgehead atoms. The Balaban J connectivity index is 1.37. The number of hydrogen-bond acceptors (Lipinski definition) is 4. The highest BCUT2D eigenvalue weighted by atomic mass is 79.9. The van der Waals surface area contributed by atoms with Crippen molar-refractivity contribution in [3.63, 3.8) is 0 Å². The molecule has 4 nitrogen and oxygen atoms in total. The maximum absolute atomic E-state index is 9.04. The van der Waals surface area contributed by atoms with Crippen LogP contribution in [0, 0.1) is 11.3 Å². The fraction of sp³-hybridized carbons (Fsp3) is 0.368. The van der Waals surface area contributed by atoms with E-state index in [1.54, 1.807) is 0 Å². The van der Waals surface area contributed by atoms with Crippen LogP contribution in [0.4, 0.5) is 0 Å². The van der Waals surface area contributed by atoms with Crippen LogP contribution in [0.15, 0.2) is 47.1 Å². The summed E-state index contributed by atoms with van der Waals surface area (Å²) in [4.78, 5) is 9.62. The van der Waals surface area contributed by atoms with Crippen molar-refractivity contribution in [1.29, 1.82) is 5.26 Å². The molecule has 2 fully saturated rings. The Morgan fingerprint density at radius 3 is 2.58 bits per heavy atom. The van der Waals surface area contributed by atoms with Gasteiger partial charge in [0, 0.05) is 48.9 Å². The molecule has 0 amide bonds. The molecule has 2 saturated heterocycles. The van der Waals surface area contributed by atoms with Crippen LogP contribution in [0.2, 0.25) is 0 Å². The summed E-state index contributed by atoms with van der Waals surface area (Å²) >= 11 is 3.44. The number of hydrogen-bond donors (Lipinski definition) is 0. The second-order valence-electron chi connectivity index (χ2n) is 6.68. The van der Waals surface area contributed by atoms with Crippen LogP contribution in [0.5, 0.6) is 0 Å². The average molecular weight is 383 g/mol. The molecule has 2 aliphatic heterocycles. The number of benzene rings is 1. The number of rotatable bonds is 4. The first-order valence-electron chi connectivity index (χ1n) is 8.29. The zero-order valence-corrected chi connectivity index (χ0v) is 15.0. The minimum Gasteiger partial charge on any atom is -0.293 e. The number of fused-ring (bicyclic) bond motifs is 2. The van der Waals surface area contributed by atoms with Crippen molar-refractivity contribution in [3.05, 3.63) is 63.9 Å². The molecule has 0 spiro atoms. The van der Waals surface area contributed by atoms with Crippen LogP contribution in [-0.4, -0.2) is 40.0 Å². The molecular formula is C19H19BrN4. The van der Waals surface area contributed by atoms with Crippen LogP contribution in [0.1, 0.15) is 23.2 Å². The van der Waals surface area contributed by atoms with E-state index < -0.39 is 0 Å². The van der Waals surface area contributed by atoms with Crippen LogP contribution < -0.4 is 0 Å². The lowest BCUT2D eigenvalue weighted by Gasteiger charge is -2.34. The third-order valence-corrected chi connectivity index (χ3v) is 5.53. The monoisotopic (exact) mass is 382 g/mol. The fourth-order valence-electron chi connectivity index (χ4n) is 3.90. The summed E-state index contributed by atoms with van der Waals surface area (Å²) in [7, 11) is 0. The molecule has 4 rings (SSSR count). The summed E-state index contributed by atoms with van der Waals surface area (Å²) in [5.41, 5.74) is 3.13. The van der Waals surface area contributed by atoms with Crippen LogP contribution >= 0.6 is 15.9 Å². The number of piperazine rings is 1. The number of aromatic nitrogens is 1. The van der Waals surface area contributed by atoms with Crippen molar-refractivity contribution < 1.29 is 0 Å². The standard InChI is InChI=1S/C19H19BrN4/c20-16-4-5-17(22-9-16)11-24-13-18-7-19(24)12-23(18)10-15-3-1-2-14(6-15)8-21/h1-6,9,18-19H,7,10-13H2. The Kier molecular flexibility index (Phi) is 4.36. The minimum atomic E-state index is 0.621. The second kappa shape index (κ2) is 6.64. The summed E-state index contributed by atoms with van der Waals surface area (Å²) in [5.74, 6) is 0. The normalized spacial score (nSPS) is 23.5. The van der Waals surface area contributed by atoms with Crippen molar-refractivity contribution in [1.82, 2.24) is 14.8 Å². The Bertz CT molecular complexity index is 768. The van der Waals surface area contributed by atoms with E-state index in [9.17, 15) is 0 Å². The zero-order valence-electron chi connectivity index (χ0n) is 13.4. The number of pyridine rings is 1. The van der Waals surface area contributed by atoms with Gasteiger partial charge in [-0.1, -0.05) is 12.1 Å². The van der Waals surface area contributed by atoms with Gasteiger partial charge < -0.3 is 0 Å². The summed E-state index contributed by atoms with van der Waals surface area (Å²) in [6.45, 7) is 4.10. The maximum Gasteiger partial charge on any atom is 0.0991 e.